The second-order valence-electron chi connectivity index (χ2n) is 5.76. The summed E-state index contributed by atoms with van der Waals surface area (Å²) in [5, 5.41) is 18.6. The first-order chi connectivity index (χ1) is 13.6. The smallest absolute Gasteiger partial charge is 0.261 e. The van der Waals surface area contributed by atoms with Crippen LogP contribution >= 0.6 is 11.3 Å². The Kier molecular flexibility index (Phi) is 4.81. The number of ether oxygens (including phenoxy) is 1. The van der Waals surface area contributed by atoms with Crippen molar-refractivity contribution in [2.24, 2.45) is 0 Å². The Hall–Kier alpha value is -3.59. The van der Waals surface area contributed by atoms with Gasteiger partial charge >= 0.3 is 0 Å². The third kappa shape index (κ3) is 3.60. The van der Waals surface area contributed by atoms with Gasteiger partial charge in [0.15, 0.2) is 0 Å². The van der Waals surface area contributed by atoms with Gasteiger partial charge in [-0.15, -0.1) is 10.2 Å². The first kappa shape index (κ1) is 17.8. The lowest BCUT2D eigenvalue weighted by Crippen LogP contribution is -2.12. The molecule has 0 atom stereocenters. The molecule has 0 bridgehead atoms. The fourth-order valence-corrected chi connectivity index (χ4v) is 3.33. The summed E-state index contributed by atoms with van der Waals surface area (Å²) >= 11 is 1.25. The van der Waals surface area contributed by atoms with E-state index in [4.69, 9.17) is 4.74 Å². The van der Waals surface area contributed by atoms with Gasteiger partial charge < -0.3 is 4.74 Å². The van der Waals surface area contributed by atoms with Gasteiger partial charge in [0.2, 0.25) is 5.13 Å². The topological polar surface area (TPSA) is 92.8 Å². The molecule has 1 amide bonds. The first-order valence-corrected chi connectivity index (χ1v) is 9.04. The van der Waals surface area contributed by atoms with Crippen molar-refractivity contribution in [1.82, 2.24) is 20.4 Å². The van der Waals surface area contributed by atoms with Gasteiger partial charge in [-0.2, -0.15) is 5.10 Å². The van der Waals surface area contributed by atoms with Crippen LogP contribution < -0.4 is 10.1 Å². The van der Waals surface area contributed by atoms with E-state index in [1.807, 2.05) is 24.3 Å². The fraction of sp³-hybridized carbons (Fsp3) is 0.0526. The Morgan fingerprint density at radius 2 is 1.79 bits per heavy atom. The molecule has 0 aliphatic carbocycles. The van der Waals surface area contributed by atoms with Gasteiger partial charge in [0, 0.05) is 11.1 Å². The lowest BCUT2D eigenvalue weighted by atomic mass is 10.1. The lowest BCUT2D eigenvalue weighted by Gasteiger charge is -2.03. The Bertz CT molecular complexity index is 1110. The number of H-pyrrole nitrogens is 1. The molecule has 2 aromatic heterocycles. The number of hydrogen-bond donors (Lipinski definition) is 2. The molecule has 2 N–H and O–H groups in total. The predicted octanol–water partition coefficient (Wildman–Crippen LogP) is 4.00. The lowest BCUT2D eigenvalue weighted by molar-refractivity contribution is 0.102. The number of amides is 1. The molecule has 28 heavy (non-hydrogen) atoms. The molecule has 0 fully saturated rings. The number of nitrogens with one attached hydrogen (secondary N) is 2. The van der Waals surface area contributed by atoms with Crippen LogP contribution in [-0.4, -0.2) is 33.4 Å². The Labute approximate surface area is 163 Å². The number of rotatable bonds is 5. The minimum absolute atomic E-state index is 0.327. The third-order valence-corrected chi connectivity index (χ3v) is 4.89. The zero-order chi connectivity index (χ0) is 19.5. The van der Waals surface area contributed by atoms with Crippen molar-refractivity contribution in [3.8, 4) is 27.6 Å². The number of benzene rings is 2. The van der Waals surface area contributed by atoms with Gasteiger partial charge in [0.1, 0.15) is 16.6 Å². The molecule has 0 aliphatic heterocycles. The molecule has 7 nitrogen and oxygen atoms in total. The molecular formula is C19H14FN5O2S. The van der Waals surface area contributed by atoms with Gasteiger partial charge in [0.05, 0.1) is 24.6 Å². The molecule has 2 aromatic carbocycles. The van der Waals surface area contributed by atoms with E-state index in [1.165, 1.54) is 29.7 Å². The highest BCUT2D eigenvalue weighted by atomic mass is 32.1. The quantitative estimate of drug-likeness (QED) is 0.533. The number of nitrogens with zero attached hydrogens (tertiary/aromatic N) is 3. The number of anilines is 1. The van der Waals surface area contributed by atoms with Gasteiger partial charge in [-0.05, 0) is 48.5 Å². The Morgan fingerprint density at radius 3 is 2.50 bits per heavy atom. The molecule has 2 heterocycles. The molecule has 140 valence electrons. The number of aromatic nitrogens is 4. The molecule has 0 aliphatic rings. The van der Waals surface area contributed by atoms with Crippen molar-refractivity contribution in [3.63, 3.8) is 0 Å². The monoisotopic (exact) mass is 395 g/mol. The summed E-state index contributed by atoms with van der Waals surface area (Å²) < 4.78 is 18.3. The van der Waals surface area contributed by atoms with Crippen molar-refractivity contribution in [2.75, 3.05) is 12.4 Å². The van der Waals surface area contributed by atoms with Crippen molar-refractivity contribution in [3.05, 3.63) is 66.1 Å². The molecular weight excluding hydrogens is 381 g/mol. The van der Waals surface area contributed by atoms with E-state index < -0.39 is 0 Å². The highest BCUT2D eigenvalue weighted by Crippen LogP contribution is 2.29. The van der Waals surface area contributed by atoms with E-state index in [9.17, 15) is 9.18 Å². The second-order valence-corrected chi connectivity index (χ2v) is 6.74. The van der Waals surface area contributed by atoms with Crippen molar-refractivity contribution >= 4 is 22.4 Å². The fourth-order valence-electron chi connectivity index (χ4n) is 2.58. The van der Waals surface area contributed by atoms with Crippen LogP contribution in [0.2, 0.25) is 0 Å². The summed E-state index contributed by atoms with van der Waals surface area (Å²) in [6, 6.07) is 13.2. The largest absolute Gasteiger partial charge is 0.497 e. The van der Waals surface area contributed by atoms with E-state index >= 15 is 0 Å². The first-order valence-electron chi connectivity index (χ1n) is 8.22. The third-order valence-electron chi connectivity index (χ3n) is 4.00. The van der Waals surface area contributed by atoms with Gasteiger partial charge in [0.25, 0.3) is 5.91 Å². The molecule has 4 aromatic rings. The summed E-state index contributed by atoms with van der Waals surface area (Å²) in [7, 11) is 1.60. The standard InChI is InChI=1S/C19H14FN5O2S/c1-27-14-8-4-12(5-9-14)18-24-25-19(28-18)22-17(26)15-10-21-23-16(15)11-2-6-13(20)7-3-11/h2-10H,1H3,(H,21,23)(H,22,25,26). The zero-order valence-electron chi connectivity index (χ0n) is 14.6. The summed E-state index contributed by atoms with van der Waals surface area (Å²) in [6.07, 6.45) is 1.42. The van der Waals surface area contributed by atoms with Crippen LogP contribution in [0.3, 0.4) is 0 Å². The predicted molar refractivity (Wildman–Crippen MR) is 104 cm³/mol. The number of methoxy groups -OCH3 is 1. The summed E-state index contributed by atoms with van der Waals surface area (Å²) in [4.78, 5) is 12.6. The summed E-state index contributed by atoms with van der Waals surface area (Å²) in [5.74, 6) is 0.00904. The van der Waals surface area contributed by atoms with Crippen molar-refractivity contribution < 1.29 is 13.9 Å². The molecule has 0 saturated heterocycles. The SMILES string of the molecule is COc1ccc(-c2nnc(NC(=O)c3cn[nH]c3-c3ccc(F)cc3)s2)cc1. The van der Waals surface area contributed by atoms with Gasteiger partial charge in [-0.25, -0.2) is 4.39 Å². The highest BCUT2D eigenvalue weighted by Gasteiger charge is 2.17. The number of halogens is 1. The number of carbonyl (C=O) groups is 1. The van der Waals surface area contributed by atoms with E-state index in [1.54, 1.807) is 19.2 Å². The average Bonchev–Trinajstić information content (AvgIpc) is 3.38. The van der Waals surface area contributed by atoms with E-state index in [2.05, 4.69) is 25.7 Å². The molecule has 0 radical (unpaired) electrons. The van der Waals surface area contributed by atoms with E-state index in [0.29, 0.717) is 27.0 Å². The van der Waals surface area contributed by atoms with Crippen LogP contribution in [0.5, 0.6) is 5.75 Å². The molecule has 0 unspecified atom stereocenters. The Morgan fingerprint density at radius 1 is 1.07 bits per heavy atom. The van der Waals surface area contributed by atoms with Crippen LogP contribution in [0.25, 0.3) is 21.8 Å². The molecule has 4 rings (SSSR count). The van der Waals surface area contributed by atoms with Crippen molar-refractivity contribution in [2.45, 2.75) is 0 Å². The van der Waals surface area contributed by atoms with Crippen LogP contribution in [0.15, 0.2) is 54.7 Å². The van der Waals surface area contributed by atoms with Crippen molar-refractivity contribution in [1.29, 1.82) is 0 Å². The average molecular weight is 395 g/mol. The Balaban J connectivity index is 1.53. The molecule has 9 heteroatoms. The minimum Gasteiger partial charge on any atom is -0.497 e. The number of aromatic amines is 1. The van der Waals surface area contributed by atoms with Crippen LogP contribution in [0, 0.1) is 5.82 Å². The van der Waals surface area contributed by atoms with E-state index in [-0.39, 0.29) is 11.7 Å². The normalized spacial score (nSPS) is 10.6. The molecule has 0 saturated carbocycles. The maximum Gasteiger partial charge on any atom is 0.261 e. The molecule has 0 spiro atoms. The summed E-state index contributed by atoms with van der Waals surface area (Å²) in [6.45, 7) is 0. The highest BCUT2D eigenvalue weighted by molar-refractivity contribution is 7.18. The van der Waals surface area contributed by atoms with Crippen LogP contribution in [0.1, 0.15) is 10.4 Å². The maximum atomic E-state index is 13.1. The van der Waals surface area contributed by atoms with Crippen LogP contribution in [-0.2, 0) is 0 Å². The van der Waals surface area contributed by atoms with Gasteiger partial charge in [-0.3, -0.25) is 15.2 Å². The van der Waals surface area contributed by atoms with Gasteiger partial charge in [-0.1, -0.05) is 11.3 Å². The second kappa shape index (κ2) is 7.57. The zero-order valence-corrected chi connectivity index (χ0v) is 15.5. The van der Waals surface area contributed by atoms with Crippen LogP contribution in [0.4, 0.5) is 9.52 Å². The maximum absolute atomic E-state index is 13.1. The number of hydrogen-bond acceptors (Lipinski definition) is 6. The minimum atomic E-state index is -0.384. The number of carbonyl (C=O) groups excluding carboxylic acids is 1. The summed E-state index contributed by atoms with van der Waals surface area (Å²) in [5.41, 5.74) is 2.35. The van der Waals surface area contributed by atoms with E-state index in [0.717, 1.165) is 11.3 Å².